The van der Waals surface area contributed by atoms with E-state index in [1.165, 1.54) is 25.7 Å². The number of nitrogens with zero attached hydrogens (tertiary/aromatic N) is 2. The summed E-state index contributed by atoms with van der Waals surface area (Å²) < 4.78 is 0. The van der Waals surface area contributed by atoms with Crippen LogP contribution in [0.4, 0.5) is 0 Å². The fourth-order valence-electron chi connectivity index (χ4n) is 3.47. The van der Waals surface area contributed by atoms with E-state index in [9.17, 15) is 4.79 Å². The molecule has 19 heavy (non-hydrogen) atoms. The van der Waals surface area contributed by atoms with E-state index >= 15 is 0 Å². The predicted octanol–water partition coefficient (Wildman–Crippen LogP) is 1.32. The number of rotatable bonds is 4. The average Bonchev–Trinajstić information content (AvgIpc) is 2.32. The Hall–Kier alpha value is -0.610. The number of hydrogen-bond donors (Lipinski definition) is 1. The molecular weight excluding hydrogens is 238 g/mol. The third-order valence-electron chi connectivity index (χ3n) is 5.18. The Kier molecular flexibility index (Phi) is 4.51. The fourth-order valence-corrected chi connectivity index (χ4v) is 3.47. The second kappa shape index (κ2) is 5.80. The Morgan fingerprint density at radius 1 is 1.26 bits per heavy atom. The first-order valence-electron chi connectivity index (χ1n) is 7.62. The van der Waals surface area contributed by atoms with Gasteiger partial charge in [-0.3, -0.25) is 4.79 Å². The summed E-state index contributed by atoms with van der Waals surface area (Å²) in [6.45, 7) is 4.03. The van der Waals surface area contributed by atoms with Crippen LogP contribution in [0.2, 0.25) is 0 Å². The zero-order valence-electron chi connectivity index (χ0n) is 12.9. The van der Waals surface area contributed by atoms with Crippen LogP contribution in [0.3, 0.4) is 0 Å². The van der Waals surface area contributed by atoms with E-state index in [1.54, 1.807) is 0 Å². The Labute approximate surface area is 117 Å². The largest absolute Gasteiger partial charge is 0.343 e. The minimum atomic E-state index is 0.0260. The van der Waals surface area contributed by atoms with E-state index in [0.717, 1.165) is 19.5 Å². The van der Waals surface area contributed by atoms with Gasteiger partial charge in [0.2, 0.25) is 5.91 Å². The number of amides is 1. The molecule has 0 spiro atoms. The lowest BCUT2D eigenvalue weighted by Crippen LogP contribution is -2.60. The number of nitrogens with one attached hydrogen (secondary N) is 1. The first-order valence-corrected chi connectivity index (χ1v) is 7.62. The third kappa shape index (κ3) is 2.95. The van der Waals surface area contributed by atoms with Crippen LogP contribution in [0, 0.1) is 5.92 Å². The van der Waals surface area contributed by atoms with E-state index in [2.05, 4.69) is 31.2 Å². The standard InChI is InChI=1S/C15H29N3O/c1-12-7-5-10-16-13(12)14(19)18(4)11-15(17(2)3)8-6-9-15/h12-13,16H,5-11H2,1-4H3. The van der Waals surface area contributed by atoms with Gasteiger partial charge in [0, 0.05) is 19.1 Å². The van der Waals surface area contributed by atoms with Gasteiger partial charge >= 0.3 is 0 Å². The molecule has 1 saturated carbocycles. The molecular formula is C15H29N3O. The smallest absolute Gasteiger partial charge is 0.239 e. The van der Waals surface area contributed by atoms with Gasteiger partial charge in [-0.2, -0.15) is 0 Å². The SMILES string of the molecule is CC1CCCNC1C(=O)N(C)CC1(N(C)C)CCC1. The normalized spacial score (nSPS) is 29.9. The van der Waals surface area contributed by atoms with Crippen LogP contribution in [0.25, 0.3) is 0 Å². The summed E-state index contributed by atoms with van der Waals surface area (Å²) in [5.74, 6) is 0.737. The first-order chi connectivity index (χ1) is 8.96. The molecule has 1 aliphatic heterocycles. The molecule has 1 aliphatic carbocycles. The zero-order valence-corrected chi connectivity index (χ0v) is 12.9. The second-order valence-electron chi connectivity index (χ2n) is 6.72. The summed E-state index contributed by atoms with van der Waals surface area (Å²) >= 11 is 0. The van der Waals surface area contributed by atoms with E-state index in [1.807, 2.05) is 11.9 Å². The van der Waals surface area contributed by atoms with Gasteiger partial charge in [-0.25, -0.2) is 0 Å². The monoisotopic (exact) mass is 267 g/mol. The molecule has 2 fully saturated rings. The van der Waals surface area contributed by atoms with Crippen molar-refractivity contribution in [3.05, 3.63) is 0 Å². The Morgan fingerprint density at radius 3 is 2.42 bits per heavy atom. The van der Waals surface area contributed by atoms with Crippen molar-refractivity contribution in [3.63, 3.8) is 0 Å². The van der Waals surface area contributed by atoms with Crippen molar-refractivity contribution in [1.29, 1.82) is 0 Å². The first kappa shape index (κ1) is 14.8. The highest BCUT2D eigenvalue weighted by molar-refractivity contribution is 5.82. The molecule has 2 unspecified atom stereocenters. The van der Waals surface area contributed by atoms with Gasteiger partial charge < -0.3 is 15.1 Å². The van der Waals surface area contributed by atoms with Crippen molar-refractivity contribution < 1.29 is 4.79 Å². The molecule has 0 radical (unpaired) electrons. The molecule has 4 heteroatoms. The Morgan fingerprint density at radius 2 is 1.95 bits per heavy atom. The summed E-state index contributed by atoms with van der Waals surface area (Å²) in [6.07, 6.45) is 6.07. The van der Waals surface area contributed by atoms with Gasteiger partial charge in [0.15, 0.2) is 0 Å². The van der Waals surface area contributed by atoms with Gasteiger partial charge in [-0.15, -0.1) is 0 Å². The molecule has 110 valence electrons. The lowest BCUT2D eigenvalue weighted by atomic mass is 9.75. The van der Waals surface area contributed by atoms with Crippen molar-refractivity contribution in [2.24, 2.45) is 5.92 Å². The molecule has 0 bridgehead atoms. The van der Waals surface area contributed by atoms with Gasteiger partial charge in [-0.1, -0.05) is 6.92 Å². The van der Waals surface area contributed by atoms with Crippen LogP contribution < -0.4 is 5.32 Å². The van der Waals surface area contributed by atoms with Crippen LogP contribution in [0.1, 0.15) is 39.0 Å². The lowest BCUT2D eigenvalue weighted by Gasteiger charge is -2.49. The summed E-state index contributed by atoms with van der Waals surface area (Å²) in [5, 5.41) is 3.40. The van der Waals surface area contributed by atoms with Crippen LogP contribution in [0.15, 0.2) is 0 Å². The lowest BCUT2D eigenvalue weighted by molar-refractivity contribution is -0.136. The molecule has 0 aromatic heterocycles. The van der Waals surface area contributed by atoms with Crippen LogP contribution in [-0.2, 0) is 4.79 Å². The maximum absolute atomic E-state index is 12.6. The highest BCUT2D eigenvalue weighted by atomic mass is 16.2. The van der Waals surface area contributed by atoms with Crippen molar-refractivity contribution in [1.82, 2.24) is 15.1 Å². The number of carbonyl (C=O) groups excluding carboxylic acids is 1. The minimum Gasteiger partial charge on any atom is -0.343 e. The highest BCUT2D eigenvalue weighted by Crippen LogP contribution is 2.36. The molecule has 2 atom stereocenters. The van der Waals surface area contributed by atoms with Crippen LogP contribution in [0.5, 0.6) is 0 Å². The average molecular weight is 267 g/mol. The van der Waals surface area contributed by atoms with Crippen LogP contribution in [-0.4, -0.2) is 61.5 Å². The van der Waals surface area contributed by atoms with E-state index in [4.69, 9.17) is 0 Å². The van der Waals surface area contributed by atoms with E-state index < -0.39 is 0 Å². The molecule has 4 nitrogen and oxygen atoms in total. The van der Waals surface area contributed by atoms with E-state index in [-0.39, 0.29) is 17.5 Å². The molecule has 2 aliphatic rings. The van der Waals surface area contributed by atoms with Gasteiger partial charge in [0.25, 0.3) is 0 Å². The fraction of sp³-hybridized carbons (Fsp3) is 0.933. The molecule has 1 N–H and O–H groups in total. The Balaban J connectivity index is 1.95. The highest BCUT2D eigenvalue weighted by Gasteiger charge is 2.41. The summed E-state index contributed by atoms with van der Waals surface area (Å²) in [4.78, 5) is 16.9. The number of piperidine rings is 1. The minimum absolute atomic E-state index is 0.0260. The molecule has 2 rings (SSSR count). The summed E-state index contributed by atoms with van der Waals surface area (Å²) in [5.41, 5.74) is 0.225. The number of likely N-dealkylation sites (N-methyl/N-ethyl adjacent to an activating group) is 2. The van der Waals surface area contributed by atoms with Crippen molar-refractivity contribution in [3.8, 4) is 0 Å². The maximum atomic E-state index is 12.6. The van der Waals surface area contributed by atoms with Gasteiger partial charge in [-0.05, 0) is 58.7 Å². The molecule has 0 aromatic carbocycles. The number of hydrogen-bond acceptors (Lipinski definition) is 3. The second-order valence-corrected chi connectivity index (χ2v) is 6.72. The topological polar surface area (TPSA) is 35.6 Å². The van der Waals surface area contributed by atoms with Crippen molar-refractivity contribution in [2.75, 3.05) is 34.2 Å². The summed E-state index contributed by atoms with van der Waals surface area (Å²) in [6, 6.07) is 0.0260. The van der Waals surface area contributed by atoms with Crippen molar-refractivity contribution >= 4 is 5.91 Å². The quantitative estimate of drug-likeness (QED) is 0.834. The van der Waals surface area contributed by atoms with E-state index in [0.29, 0.717) is 5.92 Å². The molecule has 0 aromatic rings. The Bertz CT molecular complexity index is 325. The third-order valence-corrected chi connectivity index (χ3v) is 5.18. The maximum Gasteiger partial charge on any atom is 0.239 e. The molecule has 1 heterocycles. The summed E-state index contributed by atoms with van der Waals surface area (Å²) in [7, 11) is 6.24. The number of carbonyl (C=O) groups is 1. The zero-order chi connectivity index (χ0) is 14.0. The predicted molar refractivity (Wildman–Crippen MR) is 78.1 cm³/mol. The molecule has 1 saturated heterocycles. The van der Waals surface area contributed by atoms with Gasteiger partial charge in [0.1, 0.15) is 0 Å². The van der Waals surface area contributed by atoms with Crippen LogP contribution >= 0.6 is 0 Å². The van der Waals surface area contributed by atoms with Gasteiger partial charge in [0.05, 0.1) is 6.04 Å². The van der Waals surface area contributed by atoms with Crippen molar-refractivity contribution in [2.45, 2.75) is 50.6 Å². The molecule has 1 amide bonds.